The van der Waals surface area contributed by atoms with Gasteiger partial charge in [-0.05, 0) is 43.3 Å². The Morgan fingerprint density at radius 1 is 1.10 bits per heavy atom. The summed E-state index contributed by atoms with van der Waals surface area (Å²) in [4.78, 5) is 42.7. The zero-order valence-corrected chi connectivity index (χ0v) is 16.1. The van der Waals surface area contributed by atoms with Crippen LogP contribution >= 0.6 is 11.3 Å². The molecule has 0 saturated heterocycles. The number of hydrogen-bond acceptors (Lipinski definition) is 6. The van der Waals surface area contributed by atoms with Crippen LogP contribution < -0.4 is 0 Å². The predicted molar refractivity (Wildman–Crippen MR) is 104 cm³/mol. The van der Waals surface area contributed by atoms with E-state index in [1.807, 2.05) is 0 Å². The Hall–Kier alpha value is -3.39. The van der Waals surface area contributed by atoms with Crippen molar-refractivity contribution in [2.75, 3.05) is 0 Å². The molecule has 0 radical (unpaired) electrons. The summed E-state index contributed by atoms with van der Waals surface area (Å²) in [6, 6.07) is 11.3. The normalized spacial score (nSPS) is 14.1. The summed E-state index contributed by atoms with van der Waals surface area (Å²) in [6.07, 6.45) is 0. The Morgan fingerprint density at radius 3 is 2.34 bits per heavy atom. The highest BCUT2D eigenvalue weighted by Gasteiger charge is 2.41. The van der Waals surface area contributed by atoms with E-state index >= 15 is 0 Å². The Balaban J connectivity index is 1.41. The lowest BCUT2D eigenvalue weighted by Crippen LogP contribution is -2.43. The SMILES string of the molecule is C[C@@H](C(=O)OCc1csc(-c2ccc(F)cc2)n1)N1C(=O)c2ccccc2C1=O. The molecule has 0 fully saturated rings. The van der Waals surface area contributed by atoms with Crippen molar-refractivity contribution in [3.8, 4) is 10.6 Å². The molecular formula is C21H15FN2O4S. The Kier molecular flexibility index (Phi) is 4.94. The van der Waals surface area contributed by atoms with Crippen LogP contribution in [-0.2, 0) is 16.1 Å². The first-order chi connectivity index (χ1) is 14.0. The minimum atomic E-state index is -1.06. The number of esters is 1. The number of carbonyl (C=O) groups is 3. The third-order valence-corrected chi connectivity index (χ3v) is 5.50. The van der Waals surface area contributed by atoms with Gasteiger partial charge in [0.2, 0.25) is 0 Å². The van der Waals surface area contributed by atoms with Crippen LogP contribution in [0, 0.1) is 5.82 Å². The van der Waals surface area contributed by atoms with Gasteiger partial charge in [-0.2, -0.15) is 0 Å². The summed E-state index contributed by atoms with van der Waals surface area (Å²) >= 11 is 1.34. The van der Waals surface area contributed by atoms with Crippen molar-refractivity contribution < 1.29 is 23.5 Å². The number of amides is 2. The summed E-state index contributed by atoms with van der Waals surface area (Å²) in [6.45, 7) is 1.36. The minimum absolute atomic E-state index is 0.0932. The average Bonchev–Trinajstić information content (AvgIpc) is 3.30. The number of ether oxygens (including phenoxy) is 1. The summed E-state index contributed by atoms with van der Waals surface area (Å²) in [5, 5.41) is 2.41. The monoisotopic (exact) mass is 410 g/mol. The lowest BCUT2D eigenvalue weighted by atomic mass is 10.1. The Morgan fingerprint density at radius 2 is 1.72 bits per heavy atom. The molecule has 2 aromatic carbocycles. The Bertz CT molecular complexity index is 1070. The van der Waals surface area contributed by atoms with Crippen molar-refractivity contribution in [2.45, 2.75) is 19.6 Å². The van der Waals surface area contributed by atoms with Crippen molar-refractivity contribution in [1.82, 2.24) is 9.88 Å². The molecule has 4 rings (SSSR count). The van der Waals surface area contributed by atoms with Crippen LogP contribution in [0.4, 0.5) is 4.39 Å². The van der Waals surface area contributed by atoms with E-state index in [4.69, 9.17) is 4.74 Å². The van der Waals surface area contributed by atoms with Crippen LogP contribution in [0.25, 0.3) is 10.6 Å². The van der Waals surface area contributed by atoms with Crippen LogP contribution in [0.5, 0.6) is 0 Å². The summed E-state index contributed by atoms with van der Waals surface area (Å²) < 4.78 is 18.3. The summed E-state index contributed by atoms with van der Waals surface area (Å²) in [5.74, 6) is -2.05. The number of thiazole rings is 1. The van der Waals surface area contributed by atoms with Crippen molar-refractivity contribution in [1.29, 1.82) is 0 Å². The third-order valence-electron chi connectivity index (χ3n) is 4.56. The van der Waals surface area contributed by atoms with Gasteiger partial charge in [-0.3, -0.25) is 14.5 Å². The lowest BCUT2D eigenvalue weighted by molar-refractivity contribution is -0.149. The number of carbonyl (C=O) groups excluding carboxylic acids is 3. The molecule has 0 aliphatic carbocycles. The van der Waals surface area contributed by atoms with E-state index < -0.39 is 23.8 Å². The number of imide groups is 1. The zero-order valence-electron chi connectivity index (χ0n) is 15.3. The van der Waals surface area contributed by atoms with E-state index in [1.54, 1.807) is 41.8 Å². The quantitative estimate of drug-likeness (QED) is 0.474. The fourth-order valence-electron chi connectivity index (χ4n) is 3.03. The molecule has 3 aromatic rings. The molecule has 0 saturated carbocycles. The van der Waals surface area contributed by atoms with Crippen LogP contribution in [0.1, 0.15) is 33.3 Å². The topological polar surface area (TPSA) is 76.6 Å². The number of hydrogen-bond donors (Lipinski definition) is 0. The van der Waals surface area contributed by atoms with Crippen molar-refractivity contribution in [3.63, 3.8) is 0 Å². The molecule has 1 atom stereocenters. The van der Waals surface area contributed by atoms with Gasteiger partial charge in [-0.25, -0.2) is 14.2 Å². The molecule has 0 bridgehead atoms. The average molecular weight is 410 g/mol. The van der Waals surface area contributed by atoms with Crippen LogP contribution in [-0.4, -0.2) is 33.7 Å². The maximum absolute atomic E-state index is 13.0. The highest BCUT2D eigenvalue weighted by Crippen LogP contribution is 2.26. The lowest BCUT2D eigenvalue weighted by Gasteiger charge is -2.20. The highest BCUT2D eigenvalue weighted by molar-refractivity contribution is 7.13. The number of halogens is 1. The van der Waals surface area contributed by atoms with E-state index in [-0.39, 0.29) is 23.6 Å². The van der Waals surface area contributed by atoms with Crippen molar-refractivity contribution >= 4 is 29.1 Å². The Labute approximate surface area is 169 Å². The molecule has 1 aliphatic rings. The van der Waals surface area contributed by atoms with Gasteiger partial charge in [0.15, 0.2) is 0 Å². The fraction of sp³-hybridized carbons (Fsp3) is 0.143. The first-order valence-electron chi connectivity index (χ1n) is 8.79. The van der Waals surface area contributed by atoms with E-state index in [1.165, 1.54) is 30.4 Å². The fourth-order valence-corrected chi connectivity index (χ4v) is 3.84. The van der Waals surface area contributed by atoms with Gasteiger partial charge in [-0.1, -0.05) is 12.1 Å². The second kappa shape index (κ2) is 7.56. The highest BCUT2D eigenvalue weighted by atomic mass is 32.1. The molecule has 146 valence electrons. The van der Waals surface area contributed by atoms with Gasteiger partial charge in [0.05, 0.1) is 16.8 Å². The molecule has 0 unspecified atom stereocenters. The molecule has 29 heavy (non-hydrogen) atoms. The minimum Gasteiger partial charge on any atom is -0.458 e. The second-order valence-corrected chi connectivity index (χ2v) is 7.32. The van der Waals surface area contributed by atoms with E-state index in [9.17, 15) is 18.8 Å². The molecule has 6 nitrogen and oxygen atoms in total. The first-order valence-corrected chi connectivity index (χ1v) is 9.67. The molecule has 0 N–H and O–H groups in total. The smallest absolute Gasteiger partial charge is 0.329 e. The van der Waals surface area contributed by atoms with E-state index in [0.717, 1.165) is 10.5 Å². The second-order valence-electron chi connectivity index (χ2n) is 6.46. The summed E-state index contributed by atoms with van der Waals surface area (Å²) in [7, 11) is 0. The van der Waals surface area contributed by atoms with Gasteiger partial charge in [-0.15, -0.1) is 11.3 Å². The molecular weight excluding hydrogens is 395 g/mol. The van der Waals surface area contributed by atoms with Crippen LogP contribution in [0.3, 0.4) is 0 Å². The van der Waals surface area contributed by atoms with Crippen LogP contribution in [0.2, 0.25) is 0 Å². The van der Waals surface area contributed by atoms with Gasteiger partial charge in [0.25, 0.3) is 11.8 Å². The molecule has 0 spiro atoms. The third kappa shape index (κ3) is 3.54. The van der Waals surface area contributed by atoms with Crippen molar-refractivity contribution in [2.24, 2.45) is 0 Å². The maximum atomic E-state index is 13.0. The maximum Gasteiger partial charge on any atom is 0.329 e. The molecule has 8 heteroatoms. The number of nitrogens with zero attached hydrogens (tertiary/aromatic N) is 2. The predicted octanol–water partition coefficient (Wildman–Crippen LogP) is 3.68. The molecule has 2 heterocycles. The van der Waals surface area contributed by atoms with Crippen LogP contribution in [0.15, 0.2) is 53.9 Å². The van der Waals surface area contributed by atoms with Crippen molar-refractivity contribution in [3.05, 3.63) is 76.5 Å². The van der Waals surface area contributed by atoms with Gasteiger partial charge < -0.3 is 4.74 Å². The number of fused-ring (bicyclic) bond motifs is 1. The largest absolute Gasteiger partial charge is 0.458 e. The first kappa shape index (κ1) is 18.9. The number of rotatable bonds is 5. The molecule has 2 amide bonds. The molecule has 1 aliphatic heterocycles. The van der Waals surface area contributed by atoms with E-state index in [2.05, 4.69) is 4.98 Å². The number of benzene rings is 2. The molecule has 1 aromatic heterocycles. The van der Waals surface area contributed by atoms with Gasteiger partial charge >= 0.3 is 5.97 Å². The zero-order chi connectivity index (χ0) is 20.5. The number of aromatic nitrogens is 1. The van der Waals surface area contributed by atoms with Gasteiger partial charge in [0, 0.05) is 10.9 Å². The standard InChI is InChI=1S/C21H15FN2O4S/c1-12(24-19(25)16-4-2-3-5-17(16)20(24)26)21(27)28-10-15-11-29-18(23-15)13-6-8-14(22)9-7-13/h2-9,11-12H,10H2,1H3/t12-/m0/s1. The van der Waals surface area contributed by atoms with Gasteiger partial charge in [0.1, 0.15) is 23.5 Å². The van der Waals surface area contributed by atoms with E-state index in [0.29, 0.717) is 10.7 Å². The summed E-state index contributed by atoms with van der Waals surface area (Å²) in [5.41, 5.74) is 1.84.